The largest absolute Gasteiger partial charge is 0.383 e. The summed E-state index contributed by atoms with van der Waals surface area (Å²) >= 11 is 9.03. The summed E-state index contributed by atoms with van der Waals surface area (Å²) in [7, 11) is 0. The molecule has 1 N–H and O–H groups in total. The van der Waals surface area contributed by atoms with Gasteiger partial charge in [0.05, 0.1) is 0 Å². The second kappa shape index (κ2) is 5.90. The minimum absolute atomic E-state index is 0.618. The van der Waals surface area contributed by atoms with Gasteiger partial charge in [-0.1, -0.05) is 34.1 Å². The molecule has 1 unspecified atom stereocenters. The van der Waals surface area contributed by atoms with Gasteiger partial charge < -0.3 is 5.32 Å². The number of benzene rings is 2. The maximum atomic E-state index is 3.59. The van der Waals surface area contributed by atoms with Gasteiger partial charge in [0, 0.05) is 31.3 Å². The molecule has 1 aliphatic rings. The summed E-state index contributed by atoms with van der Waals surface area (Å²) in [6.07, 6.45) is 1.15. The van der Waals surface area contributed by atoms with Gasteiger partial charge in [0.15, 0.2) is 0 Å². The number of rotatable bonds is 3. The summed E-state index contributed by atoms with van der Waals surface area (Å²) in [5, 5.41) is 4.15. The van der Waals surface area contributed by atoms with Gasteiger partial charge in [-0.3, -0.25) is 0 Å². The van der Waals surface area contributed by atoms with Crippen molar-refractivity contribution in [2.45, 2.75) is 16.6 Å². The Morgan fingerprint density at radius 1 is 1.16 bits per heavy atom. The van der Waals surface area contributed by atoms with Crippen LogP contribution in [0.15, 0.2) is 56.3 Å². The van der Waals surface area contributed by atoms with Gasteiger partial charge in [-0.05, 0) is 52.2 Å². The Morgan fingerprint density at radius 2 is 2.00 bits per heavy atom. The molecule has 3 rings (SSSR count). The van der Waals surface area contributed by atoms with Crippen molar-refractivity contribution in [3.05, 3.63) is 57.0 Å². The lowest BCUT2D eigenvalue weighted by atomic mass is 10.1. The lowest BCUT2D eigenvalue weighted by molar-refractivity contribution is 0.898. The van der Waals surface area contributed by atoms with Gasteiger partial charge in [0.2, 0.25) is 0 Å². The fraction of sp³-hybridized carbons (Fsp3) is 0.200. The summed E-state index contributed by atoms with van der Waals surface area (Å²) in [4.78, 5) is 1.43. The van der Waals surface area contributed by atoms with Crippen LogP contribution in [0.1, 0.15) is 5.56 Å². The predicted octanol–water partition coefficient (Wildman–Crippen LogP) is 5.34. The molecule has 4 heteroatoms. The van der Waals surface area contributed by atoms with Crippen LogP contribution in [0.3, 0.4) is 0 Å². The van der Waals surface area contributed by atoms with Crippen molar-refractivity contribution in [1.82, 2.24) is 0 Å². The van der Waals surface area contributed by atoms with Crippen molar-refractivity contribution < 1.29 is 0 Å². The van der Waals surface area contributed by atoms with E-state index in [0.29, 0.717) is 5.25 Å². The molecular weight excluding hydrogens is 386 g/mol. The minimum atomic E-state index is 0.618. The van der Waals surface area contributed by atoms with E-state index in [1.807, 2.05) is 11.8 Å². The minimum Gasteiger partial charge on any atom is -0.383 e. The number of nitrogens with one attached hydrogen (secondary N) is 1. The Hall–Kier alpha value is -0.450. The topological polar surface area (TPSA) is 12.0 Å². The van der Waals surface area contributed by atoms with Crippen molar-refractivity contribution in [2.75, 3.05) is 11.9 Å². The van der Waals surface area contributed by atoms with Crippen LogP contribution in [0, 0.1) is 0 Å². The Bertz CT molecular complexity index is 575. The van der Waals surface area contributed by atoms with E-state index in [1.165, 1.54) is 10.5 Å². The Labute approximate surface area is 134 Å². The zero-order chi connectivity index (χ0) is 13.2. The third-order valence-corrected chi connectivity index (χ3v) is 5.63. The molecule has 1 atom stereocenters. The number of thioether (sulfide) groups is 1. The summed E-state index contributed by atoms with van der Waals surface area (Å²) < 4.78 is 2.19. The van der Waals surface area contributed by atoms with E-state index in [-0.39, 0.29) is 0 Å². The highest BCUT2D eigenvalue weighted by atomic mass is 79.9. The van der Waals surface area contributed by atoms with E-state index in [0.717, 1.165) is 27.6 Å². The summed E-state index contributed by atoms with van der Waals surface area (Å²) in [5.74, 6) is 0. The number of hydrogen-bond donors (Lipinski definition) is 1. The zero-order valence-corrected chi connectivity index (χ0v) is 14.2. The van der Waals surface area contributed by atoms with Crippen molar-refractivity contribution in [1.29, 1.82) is 0 Å². The van der Waals surface area contributed by atoms with E-state index in [1.54, 1.807) is 0 Å². The lowest BCUT2D eigenvalue weighted by Gasteiger charge is -2.13. The third kappa shape index (κ3) is 3.18. The van der Waals surface area contributed by atoms with Gasteiger partial charge in [0.1, 0.15) is 0 Å². The molecule has 0 radical (unpaired) electrons. The van der Waals surface area contributed by atoms with Crippen LogP contribution in [-0.4, -0.2) is 11.8 Å². The second-order valence-electron chi connectivity index (χ2n) is 4.56. The average Bonchev–Trinajstić information content (AvgIpc) is 2.80. The van der Waals surface area contributed by atoms with Crippen LogP contribution >= 0.6 is 43.6 Å². The molecule has 1 aliphatic heterocycles. The molecule has 0 aliphatic carbocycles. The molecule has 2 aromatic rings. The summed E-state index contributed by atoms with van der Waals surface area (Å²) in [6.45, 7) is 0.986. The molecule has 1 heterocycles. The SMILES string of the molecule is Brc1ccc(NCC2Cc3ccccc3S2)c(Br)c1. The first-order valence-electron chi connectivity index (χ1n) is 6.16. The number of hydrogen-bond acceptors (Lipinski definition) is 2. The normalized spacial score (nSPS) is 17.3. The van der Waals surface area contributed by atoms with Gasteiger partial charge in [-0.2, -0.15) is 0 Å². The van der Waals surface area contributed by atoms with Crippen LogP contribution in [0.4, 0.5) is 5.69 Å². The quantitative estimate of drug-likeness (QED) is 0.748. The van der Waals surface area contributed by atoms with Crippen LogP contribution in [0.2, 0.25) is 0 Å². The molecule has 19 heavy (non-hydrogen) atoms. The fourth-order valence-corrected chi connectivity index (χ4v) is 4.66. The van der Waals surface area contributed by atoms with E-state index in [9.17, 15) is 0 Å². The highest BCUT2D eigenvalue weighted by Crippen LogP contribution is 2.37. The first-order chi connectivity index (χ1) is 9.22. The van der Waals surface area contributed by atoms with Gasteiger partial charge in [0.25, 0.3) is 0 Å². The van der Waals surface area contributed by atoms with Crippen molar-refractivity contribution in [3.63, 3.8) is 0 Å². The van der Waals surface area contributed by atoms with Gasteiger partial charge in [-0.25, -0.2) is 0 Å². The summed E-state index contributed by atoms with van der Waals surface area (Å²) in [5.41, 5.74) is 2.63. The first-order valence-corrected chi connectivity index (χ1v) is 8.62. The molecule has 0 bridgehead atoms. The fourth-order valence-electron chi connectivity index (χ4n) is 2.22. The molecule has 0 amide bonds. The standard InChI is InChI=1S/C15H13Br2NS/c16-11-5-6-14(13(17)8-11)18-9-12-7-10-3-1-2-4-15(10)19-12/h1-6,8,12,18H,7,9H2. The van der Waals surface area contributed by atoms with E-state index >= 15 is 0 Å². The Morgan fingerprint density at radius 3 is 2.79 bits per heavy atom. The smallest absolute Gasteiger partial charge is 0.0485 e. The van der Waals surface area contributed by atoms with E-state index in [2.05, 4.69) is 79.6 Å². The monoisotopic (exact) mass is 397 g/mol. The highest BCUT2D eigenvalue weighted by molar-refractivity contribution is 9.11. The Balaban J connectivity index is 1.63. The lowest BCUT2D eigenvalue weighted by Crippen LogP contribution is -2.15. The molecule has 1 nitrogen and oxygen atoms in total. The molecule has 0 fully saturated rings. The maximum absolute atomic E-state index is 3.59. The third-order valence-electron chi connectivity index (χ3n) is 3.17. The maximum Gasteiger partial charge on any atom is 0.0485 e. The average molecular weight is 399 g/mol. The van der Waals surface area contributed by atoms with Crippen LogP contribution in [0.25, 0.3) is 0 Å². The van der Waals surface area contributed by atoms with Gasteiger partial charge in [-0.15, -0.1) is 11.8 Å². The zero-order valence-electron chi connectivity index (χ0n) is 10.2. The molecule has 98 valence electrons. The van der Waals surface area contributed by atoms with E-state index in [4.69, 9.17) is 0 Å². The number of halogens is 2. The van der Waals surface area contributed by atoms with Crippen molar-refractivity contribution in [3.8, 4) is 0 Å². The van der Waals surface area contributed by atoms with Gasteiger partial charge >= 0.3 is 0 Å². The van der Waals surface area contributed by atoms with Crippen molar-refractivity contribution in [2.24, 2.45) is 0 Å². The molecule has 0 saturated heterocycles. The molecule has 0 saturated carbocycles. The van der Waals surface area contributed by atoms with E-state index < -0.39 is 0 Å². The first kappa shape index (κ1) is 13.5. The van der Waals surface area contributed by atoms with Crippen LogP contribution in [0.5, 0.6) is 0 Å². The highest BCUT2D eigenvalue weighted by Gasteiger charge is 2.21. The number of anilines is 1. The van der Waals surface area contributed by atoms with Crippen LogP contribution in [-0.2, 0) is 6.42 Å². The molecule has 2 aromatic carbocycles. The van der Waals surface area contributed by atoms with Crippen molar-refractivity contribution >= 4 is 49.3 Å². The Kier molecular flexibility index (Phi) is 4.20. The molecule has 0 aromatic heterocycles. The number of fused-ring (bicyclic) bond motifs is 1. The second-order valence-corrected chi connectivity index (χ2v) is 7.67. The molecular formula is C15H13Br2NS. The summed E-state index contributed by atoms with van der Waals surface area (Å²) in [6, 6.07) is 14.9. The predicted molar refractivity (Wildman–Crippen MR) is 90.1 cm³/mol. The van der Waals surface area contributed by atoms with Crippen LogP contribution < -0.4 is 5.32 Å². The molecule has 0 spiro atoms.